The number of hydrazone groups is 1. The molecule has 3 N–H and O–H groups in total. The van der Waals surface area contributed by atoms with E-state index in [0.717, 1.165) is 24.3 Å². The van der Waals surface area contributed by atoms with Crippen LogP contribution in [0.5, 0.6) is 11.5 Å². The Bertz CT molecular complexity index is 718. The number of phenolic OH excluding ortho intramolecular Hbond substituents is 2. The highest BCUT2D eigenvalue weighted by Gasteiger charge is 2.30. The fourth-order valence-corrected chi connectivity index (χ4v) is 1.76. The van der Waals surface area contributed by atoms with Gasteiger partial charge in [-0.25, -0.2) is 0 Å². The molecule has 0 fully saturated rings. The normalized spacial score (nSPS) is 11.8. The average Bonchev–Trinajstić information content (AvgIpc) is 2.42. The maximum absolute atomic E-state index is 12.6. The zero-order chi connectivity index (χ0) is 16.3. The standard InChI is InChI=1S/C14H10ClF3N2O2/c15-11-4-2-9(14(16,17)18)5-12(11)20-19-7-8-1-3-10(21)6-13(8)22/h1-7,20-22H. The van der Waals surface area contributed by atoms with Crippen LogP contribution in [-0.2, 0) is 6.18 Å². The predicted octanol–water partition coefficient (Wildman–Crippen LogP) is 4.22. The molecule has 8 heteroatoms. The number of phenols is 2. The van der Waals surface area contributed by atoms with Crippen molar-refractivity contribution in [1.29, 1.82) is 0 Å². The minimum absolute atomic E-state index is 0.0222. The maximum Gasteiger partial charge on any atom is 0.416 e. The minimum Gasteiger partial charge on any atom is -0.508 e. The Morgan fingerprint density at radius 3 is 2.45 bits per heavy atom. The van der Waals surface area contributed by atoms with Gasteiger partial charge in [0.05, 0.1) is 22.5 Å². The molecule has 0 unspecified atom stereocenters. The Balaban J connectivity index is 2.19. The number of rotatable bonds is 3. The van der Waals surface area contributed by atoms with Crippen LogP contribution in [0.4, 0.5) is 18.9 Å². The number of halogens is 4. The fourth-order valence-electron chi connectivity index (χ4n) is 1.60. The molecule has 0 atom stereocenters. The van der Waals surface area contributed by atoms with Gasteiger partial charge in [-0.15, -0.1) is 0 Å². The summed E-state index contributed by atoms with van der Waals surface area (Å²) in [5, 5.41) is 22.5. The van der Waals surface area contributed by atoms with Crippen molar-refractivity contribution in [2.75, 3.05) is 5.43 Å². The van der Waals surface area contributed by atoms with Crippen LogP contribution in [0.2, 0.25) is 5.02 Å². The van der Waals surface area contributed by atoms with E-state index in [9.17, 15) is 18.3 Å². The van der Waals surface area contributed by atoms with Crippen molar-refractivity contribution in [2.45, 2.75) is 6.18 Å². The van der Waals surface area contributed by atoms with Crippen molar-refractivity contribution in [3.8, 4) is 11.5 Å². The summed E-state index contributed by atoms with van der Waals surface area (Å²) >= 11 is 5.79. The lowest BCUT2D eigenvalue weighted by Gasteiger charge is -2.09. The van der Waals surface area contributed by atoms with Gasteiger partial charge in [0.25, 0.3) is 0 Å². The lowest BCUT2D eigenvalue weighted by atomic mass is 10.2. The van der Waals surface area contributed by atoms with E-state index in [1.54, 1.807) is 0 Å². The van der Waals surface area contributed by atoms with E-state index < -0.39 is 11.7 Å². The summed E-state index contributed by atoms with van der Waals surface area (Å²) in [6.07, 6.45) is -3.30. The molecule has 116 valence electrons. The molecule has 2 aromatic carbocycles. The zero-order valence-electron chi connectivity index (χ0n) is 10.9. The molecule has 0 aromatic heterocycles. The summed E-state index contributed by atoms with van der Waals surface area (Å²) in [5.74, 6) is -0.343. The van der Waals surface area contributed by atoms with Crippen LogP contribution < -0.4 is 5.43 Å². The summed E-state index contributed by atoms with van der Waals surface area (Å²) in [6, 6.07) is 6.64. The van der Waals surface area contributed by atoms with Gasteiger partial charge in [-0.05, 0) is 30.3 Å². The Morgan fingerprint density at radius 1 is 1.09 bits per heavy atom. The number of anilines is 1. The molecule has 22 heavy (non-hydrogen) atoms. The molecule has 0 saturated carbocycles. The average molecular weight is 331 g/mol. The number of hydrogen-bond donors (Lipinski definition) is 3. The van der Waals surface area contributed by atoms with E-state index in [1.165, 1.54) is 18.3 Å². The van der Waals surface area contributed by atoms with Gasteiger partial charge in [0.15, 0.2) is 0 Å². The van der Waals surface area contributed by atoms with Crippen LogP contribution in [0.1, 0.15) is 11.1 Å². The Labute approximate surface area is 128 Å². The minimum atomic E-state index is -4.49. The van der Waals surface area contributed by atoms with E-state index in [4.69, 9.17) is 16.7 Å². The number of aromatic hydroxyl groups is 2. The zero-order valence-corrected chi connectivity index (χ0v) is 11.7. The second kappa shape index (κ2) is 6.15. The monoisotopic (exact) mass is 330 g/mol. The van der Waals surface area contributed by atoms with Crippen LogP contribution in [-0.4, -0.2) is 16.4 Å². The molecule has 2 aromatic rings. The Hall–Kier alpha value is -2.41. The van der Waals surface area contributed by atoms with Gasteiger partial charge >= 0.3 is 6.18 Å². The van der Waals surface area contributed by atoms with Crippen LogP contribution in [0.15, 0.2) is 41.5 Å². The molecule has 0 radical (unpaired) electrons. The third-order valence-corrected chi connectivity index (χ3v) is 3.03. The third-order valence-electron chi connectivity index (χ3n) is 2.70. The molecule has 2 rings (SSSR count). The van der Waals surface area contributed by atoms with Crippen LogP contribution in [0.3, 0.4) is 0 Å². The highest BCUT2D eigenvalue weighted by atomic mass is 35.5. The molecule has 0 amide bonds. The first kappa shape index (κ1) is 16.0. The number of nitrogens with zero attached hydrogens (tertiary/aromatic N) is 1. The van der Waals surface area contributed by atoms with Gasteiger partial charge in [-0.2, -0.15) is 18.3 Å². The second-order valence-electron chi connectivity index (χ2n) is 4.31. The first-order chi connectivity index (χ1) is 10.3. The van der Waals surface area contributed by atoms with Crippen molar-refractivity contribution >= 4 is 23.5 Å². The number of alkyl halides is 3. The molecule has 0 aliphatic heterocycles. The first-order valence-electron chi connectivity index (χ1n) is 5.95. The van der Waals surface area contributed by atoms with Gasteiger partial charge in [0, 0.05) is 11.6 Å². The SMILES string of the molecule is Oc1ccc(C=NNc2cc(C(F)(F)F)ccc2Cl)c(O)c1. The molecular weight excluding hydrogens is 321 g/mol. The summed E-state index contributed by atoms with van der Waals surface area (Å²) in [5.41, 5.74) is 1.77. The number of hydrogen-bond acceptors (Lipinski definition) is 4. The van der Waals surface area contributed by atoms with E-state index in [1.807, 2.05) is 0 Å². The maximum atomic E-state index is 12.6. The molecule has 0 spiro atoms. The summed E-state index contributed by atoms with van der Waals surface area (Å²) < 4.78 is 37.8. The van der Waals surface area contributed by atoms with Crippen LogP contribution >= 0.6 is 11.6 Å². The highest BCUT2D eigenvalue weighted by Crippen LogP contribution is 2.33. The number of benzene rings is 2. The largest absolute Gasteiger partial charge is 0.508 e. The highest BCUT2D eigenvalue weighted by molar-refractivity contribution is 6.33. The summed E-state index contributed by atoms with van der Waals surface area (Å²) in [6.45, 7) is 0. The van der Waals surface area contributed by atoms with E-state index >= 15 is 0 Å². The third kappa shape index (κ3) is 3.82. The van der Waals surface area contributed by atoms with Crippen molar-refractivity contribution in [3.05, 3.63) is 52.5 Å². The molecule has 0 saturated heterocycles. The van der Waals surface area contributed by atoms with Crippen LogP contribution in [0, 0.1) is 0 Å². The molecule has 4 nitrogen and oxygen atoms in total. The fraction of sp³-hybridized carbons (Fsp3) is 0.0714. The summed E-state index contributed by atoms with van der Waals surface area (Å²) in [7, 11) is 0. The molecule has 0 bridgehead atoms. The van der Waals surface area contributed by atoms with Gasteiger partial charge in [0.2, 0.25) is 0 Å². The van der Waals surface area contributed by atoms with Gasteiger partial charge in [-0.3, -0.25) is 5.43 Å². The van der Waals surface area contributed by atoms with Crippen LogP contribution in [0.25, 0.3) is 0 Å². The molecule has 0 aliphatic rings. The lowest BCUT2D eigenvalue weighted by Crippen LogP contribution is -2.05. The van der Waals surface area contributed by atoms with Crippen molar-refractivity contribution in [1.82, 2.24) is 0 Å². The van der Waals surface area contributed by atoms with E-state index in [2.05, 4.69) is 10.5 Å². The second-order valence-corrected chi connectivity index (χ2v) is 4.71. The first-order valence-corrected chi connectivity index (χ1v) is 6.33. The quantitative estimate of drug-likeness (QED) is 0.583. The number of nitrogens with one attached hydrogen (secondary N) is 1. The predicted molar refractivity (Wildman–Crippen MR) is 77.4 cm³/mol. The molecule has 0 aliphatic carbocycles. The lowest BCUT2D eigenvalue weighted by molar-refractivity contribution is -0.137. The molecular formula is C14H10ClF3N2O2. The van der Waals surface area contributed by atoms with Gasteiger partial charge < -0.3 is 10.2 Å². The van der Waals surface area contributed by atoms with Gasteiger partial charge in [0.1, 0.15) is 11.5 Å². The van der Waals surface area contributed by atoms with Crippen molar-refractivity contribution < 1.29 is 23.4 Å². The Morgan fingerprint density at radius 2 is 1.82 bits per heavy atom. The Kier molecular flexibility index (Phi) is 4.46. The van der Waals surface area contributed by atoms with Crippen molar-refractivity contribution in [3.63, 3.8) is 0 Å². The van der Waals surface area contributed by atoms with Crippen molar-refractivity contribution in [2.24, 2.45) is 5.10 Å². The topological polar surface area (TPSA) is 64.9 Å². The van der Waals surface area contributed by atoms with E-state index in [0.29, 0.717) is 0 Å². The van der Waals surface area contributed by atoms with Gasteiger partial charge in [-0.1, -0.05) is 11.6 Å². The van der Waals surface area contributed by atoms with E-state index in [-0.39, 0.29) is 27.8 Å². The summed E-state index contributed by atoms with van der Waals surface area (Å²) in [4.78, 5) is 0. The smallest absolute Gasteiger partial charge is 0.416 e. The molecule has 0 heterocycles.